The number of esters is 1. The van der Waals surface area contributed by atoms with Crippen molar-refractivity contribution in [2.75, 3.05) is 19.7 Å². The Balaban J connectivity index is 2.38. The highest BCUT2D eigenvalue weighted by atomic mass is 16.5. The van der Waals surface area contributed by atoms with Crippen molar-refractivity contribution in [3.05, 3.63) is 29.8 Å². The van der Waals surface area contributed by atoms with Crippen LogP contribution in [0.15, 0.2) is 29.3 Å². The van der Waals surface area contributed by atoms with Crippen LogP contribution in [0, 0.1) is 0 Å². The third-order valence-corrected chi connectivity index (χ3v) is 2.76. The molecule has 9 nitrogen and oxygen atoms in total. The number of rotatable bonds is 9. The largest absolute Gasteiger partial charge is 0.466 e. The molecule has 0 spiro atoms. The van der Waals surface area contributed by atoms with E-state index in [2.05, 4.69) is 21.1 Å². The first-order valence-corrected chi connectivity index (χ1v) is 7.36. The van der Waals surface area contributed by atoms with Gasteiger partial charge in [0.05, 0.1) is 25.3 Å². The van der Waals surface area contributed by atoms with Crippen molar-refractivity contribution in [2.45, 2.75) is 13.3 Å². The van der Waals surface area contributed by atoms with Gasteiger partial charge in [-0.3, -0.25) is 14.4 Å². The van der Waals surface area contributed by atoms with E-state index in [0.717, 1.165) is 0 Å². The lowest BCUT2D eigenvalue weighted by molar-refractivity contribution is -0.143. The average Bonchev–Trinajstić information content (AvgIpc) is 2.58. The van der Waals surface area contributed by atoms with Gasteiger partial charge in [-0.15, -0.1) is 0 Å². The van der Waals surface area contributed by atoms with Crippen LogP contribution in [0.25, 0.3) is 0 Å². The highest BCUT2D eigenvalue weighted by molar-refractivity contribution is 5.97. The average molecular weight is 335 g/mol. The van der Waals surface area contributed by atoms with Gasteiger partial charge in [-0.05, 0) is 25.1 Å². The number of nitrogens with two attached hydrogens (primary N) is 1. The molecule has 0 saturated carbocycles. The number of hydrogen-bond donors (Lipinski definition) is 4. The minimum Gasteiger partial charge on any atom is -0.466 e. The third-order valence-electron chi connectivity index (χ3n) is 2.76. The zero-order chi connectivity index (χ0) is 17.8. The van der Waals surface area contributed by atoms with Crippen LogP contribution < -0.4 is 21.9 Å². The van der Waals surface area contributed by atoms with Crippen LogP contribution in [0.3, 0.4) is 0 Å². The molecular formula is C15H21N5O4. The van der Waals surface area contributed by atoms with E-state index in [9.17, 15) is 14.4 Å². The molecule has 0 aromatic heterocycles. The first-order chi connectivity index (χ1) is 11.6. The molecule has 9 heteroatoms. The van der Waals surface area contributed by atoms with Crippen molar-refractivity contribution in [1.29, 1.82) is 0 Å². The SMILES string of the molecule is CCOC(=O)CCNC(=O)CNC(=O)c1cccc(N=CNN)c1. The fourth-order valence-electron chi connectivity index (χ4n) is 1.70. The van der Waals surface area contributed by atoms with Crippen molar-refractivity contribution < 1.29 is 19.1 Å². The van der Waals surface area contributed by atoms with Crippen molar-refractivity contribution in [3.8, 4) is 0 Å². The normalized spacial score (nSPS) is 10.2. The summed E-state index contributed by atoms with van der Waals surface area (Å²) >= 11 is 0. The Bertz CT molecular complexity index is 603. The van der Waals surface area contributed by atoms with Gasteiger partial charge in [-0.2, -0.15) is 0 Å². The second kappa shape index (κ2) is 10.7. The third kappa shape index (κ3) is 7.36. The van der Waals surface area contributed by atoms with Gasteiger partial charge >= 0.3 is 5.97 Å². The second-order valence-corrected chi connectivity index (χ2v) is 4.56. The van der Waals surface area contributed by atoms with Crippen LogP contribution in [0.4, 0.5) is 5.69 Å². The molecule has 2 amide bonds. The Morgan fingerprint density at radius 1 is 1.29 bits per heavy atom. The molecule has 0 aliphatic heterocycles. The van der Waals surface area contributed by atoms with Gasteiger partial charge in [-0.25, -0.2) is 10.8 Å². The number of benzene rings is 1. The highest BCUT2D eigenvalue weighted by Gasteiger charge is 2.09. The number of carbonyl (C=O) groups excluding carboxylic acids is 3. The molecule has 0 unspecified atom stereocenters. The van der Waals surface area contributed by atoms with E-state index in [1.54, 1.807) is 31.2 Å². The second-order valence-electron chi connectivity index (χ2n) is 4.56. The molecule has 0 bridgehead atoms. The molecule has 0 radical (unpaired) electrons. The maximum absolute atomic E-state index is 12.0. The zero-order valence-corrected chi connectivity index (χ0v) is 13.4. The van der Waals surface area contributed by atoms with Gasteiger partial charge in [0.25, 0.3) is 5.91 Å². The molecule has 0 aliphatic carbocycles. The fourth-order valence-corrected chi connectivity index (χ4v) is 1.70. The van der Waals surface area contributed by atoms with Crippen LogP contribution in [-0.2, 0) is 14.3 Å². The first-order valence-electron chi connectivity index (χ1n) is 7.36. The number of hydrazine groups is 1. The van der Waals surface area contributed by atoms with Crippen molar-refractivity contribution in [1.82, 2.24) is 16.1 Å². The summed E-state index contributed by atoms with van der Waals surface area (Å²) in [5.74, 6) is 3.89. The molecule has 5 N–H and O–H groups in total. The van der Waals surface area contributed by atoms with Gasteiger partial charge in [0.15, 0.2) is 0 Å². The minimum atomic E-state index is -0.409. The lowest BCUT2D eigenvalue weighted by atomic mass is 10.2. The molecule has 0 aliphatic rings. The Morgan fingerprint density at radius 3 is 2.79 bits per heavy atom. The quantitative estimate of drug-likeness (QED) is 0.160. The number of ether oxygens (including phenoxy) is 1. The summed E-state index contributed by atoms with van der Waals surface area (Å²) < 4.78 is 4.74. The molecular weight excluding hydrogens is 314 g/mol. The van der Waals surface area contributed by atoms with Crippen LogP contribution in [0.5, 0.6) is 0 Å². The van der Waals surface area contributed by atoms with Crippen LogP contribution in [0.1, 0.15) is 23.7 Å². The summed E-state index contributed by atoms with van der Waals surface area (Å²) in [7, 11) is 0. The Morgan fingerprint density at radius 2 is 2.08 bits per heavy atom. The molecule has 0 saturated heterocycles. The van der Waals surface area contributed by atoms with Crippen molar-refractivity contribution in [2.24, 2.45) is 10.8 Å². The van der Waals surface area contributed by atoms with Gasteiger partial charge in [0.2, 0.25) is 5.91 Å². The van der Waals surface area contributed by atoms with Crippen LogP contribution in [-0.4, -0.2) is 43.8 Å². The smallest absolute Gasteiger partial charge is 0.307 e. The van der Waals surface area contributed by atoms with Crippen LogP contribution >= 0.6 is 0 Å². The van der Waals surface area contributed by atoms with Crippen LogP contribution in [0.2, 0.25) is 0 Å². The van der Waals surface area contributed by atoms with E-state index < -0.39 is 11.8 Å². The topological polar surface area (TPSA) is 135 Å². The summed E-state index contributed by atoms with van der Waals surface area (Å²) in [4.78, 5) is 38.7. The highest BCUT2D eigenvalue weighted by Crippen LogP contribution is 2.13. The summed E-state index contributed by atoms with van der Waals surface area (Å²) in [6.07, 6.45) is 1.37. The minimum absolute atomic E-state index is 0.0861. The summed E-state index contributed by atoms with van der Waals surface area (Å²) in [6, 6.07) is 6.52. The maximum atomic E-state index is 12.0. The summed E-state index contributed by atoms with van der Waals surface area (Å²) in [5, 5.41) is 5.00. The molecule has 1 aromatic rings. The van der Waals surface area contributed by atoms with E-state index in [-0.39, 0.29) is 25.5 Å². The first kappa shape index (κ1) is 19.1. The van der Waals surface area contributed by atoms with E-state index in [1.807, 2.05) is 0 Å². The van der Waals surface area contributed by atoms with E-state index in [4.69, 9.17) is 10.6 Å². The number of nitrogens with zero attached hydrogens (tertiary/aromatic N) is 1. The molecule has 1 rings (SSSR count). The van der Waals surface area contributed by atoms with Gasteiger partial charge in [-0.1, -0.05) is 6.07 Å². The number of amides is 2. The Kier molecular flexibility index (Phi) is 8.54. The lowest BCUT2D eigenvalue weighted by Gasteiger charge is -2.07. The molecule has 0 fully saturated rings. The van der Waals surface area contributed by atoms with E-state index in [0.29, 0.717) is 17.9 Å². The van der Waals surface area contributed by atoms with Gasteiger partial charge in [0.1, 0.15) is 6.34 Å². The molecule has 0 atom stereocenters. The van der Waals surface area contributed by atoms with Gasteiger partial charge < -0.3 is 20.8 Å². The summed E-state index contributed by atoms with van der Waals surface area (Å²) in [6.45, 7) is 1.97. The monoisotopic (exact) mass is 335 g/mol. The van der Waals surface area contributed by atoms with Crippen molar-refractivity contribution >= 4 is 29.8 Å². The molecule has 0 heterocycles. The predicted octanol–water partition coefficient (Wildman–Crippen LogP) is -0.391. The maximum Gasteiger partial charge on any atom is 0.307 e. The molecule has 130 valence electrons. The lowest BCUT2D eigenvalue weighted by Crippen LogP contribution is -2.37. The number of carbonyl (C=O) groups is 3. The Labute approximate surface area is 139 Å². The molecule has 1 aromatic carbocycles. The number of nitrogens with one attached hydrogen (secondary N) is 3. The standard InChI is InChI=1S/C15H21N5O4/c1-2-24-14(22)6-7-17-13(21)9-18-15(23)11-4-3-5-12(8-11)19-10-20-16/h3-5,8,10H,2,6-7,9,16H2,1H3,(H,17,21)(H,18,23)(H,19,20). The van der Waals surface area contributed by atoms with E-state index in [1.165, 1.54) is 6.34 Å². The fraction of sp³-hybridized carbons (Fsp3) is 0.333. The van der Waals surface area contributed by atoms with E-state index >= 15 is 0 Å². The van der Waals surface area contributed by atoms with Gasteiger partial charge in [0, 0.05) is 12.1 Å². The predicted molar refractivity (Wildman–Crippen MR) is 88.5 cm³/mol. The van der Waals surface area contributed by atoms with Crippen molar-refractivity contribution in [3.63, 3.8) is 0 Å². The number of hydrogen-bond acceptors (Lipinski definition) is 6. The zero-order valence-electron chi connectivity index (χ0n) is 13.4. The summed E-state index contributed by atoms with van der Waals surface area (Å²) in [5.41, 5.74) is 3.17. The Hall–Kier alpha value is -2.94. The molecule has 24 heavy (non-hydrogen) atoms. The number of aliphatic imine (C=N–C) groups is 1.